The zero-order valence-corrected chi connectivity index (χ0v) is 10.8. The molecule has 2 heterocycles. The van der Waals surface area contributed by atoms with Gasteiger partial charge in [0.05, 0.1) is 0 Å². The van der Waals surface area contributed by atoms with Gasteiger partial charge >= 0.3 is 0 Å². The van der Waals surface area contributed by atoms with Gasteiger partial charge in [0.1, 0.15) is 5.76 Å². The van der Waals surface area contributed by atoms with Gasteiger partial charge in [-0.25, -0.2) is 0 Å². The number of rotatable bonds is 5. The van der Waals surface area contributed by atoms with Crippen molar-refractivity contribution in [3.05, 3.63) is 24.0 Å². The minimum absolute atomic E-state index is 0.0652. The number of aromatic nitrogens is 3. The van der Waals surface area contributed by atoms with Crippen molar-refractivity contribution in [1.82, 2.24) is 15.4 Å². The lowest BCUT2D eigenvalue weighted by Crippen LogP contribution is -2.12. The molecule has 0 aliphatic carbocycles. The van der Waals surface area contributed by atoms with Crippen molar-refractivity contribution in [2.24, 2.45) is 0 Å². The first-order valence-electron chi connectivity index (χ1n) is 6.01. The molecule has 2 N–H and O–H groups in total. The Labute approximate surface area is 110 Å². The van der Waals surface area contributed by atoms with Crippen LogP contribution in [0.4, 0.5) is 17.5 Å². The average Bonchev–Trinajstić information content (AvgIpc) is 2.78. The number of carbonyl (C=O) groups excluding carboxylic acids is 1. The lowest BCUT2D eigenvalue weighted by molar-refractivity contribution is -0.116. The largest absolute Gasteiger partial charge is 0.360 e. The smallest absolute Gasteiger partial charge is 0.225 e. The number of amides is 1. The zero-order valence-electron chi connectivity index (χ0n) is 10.8. The summed E-state index contributed by atoms with van der Waals surface area (Å²) >= 11 is 0. The Morgan fingerprint density at radius 1 is 1.26 bits per heavy atom. The van der Waals surface area contributed by atoms with Crippen LogP contribution in [0.1, 0.15) is 25.5 Å². The molecule has 2 aromatic rings. The summed E-state index contributed by atoms with van der Waals surface area (Å²) < 4.78 is 4.92. The molecule has 7 heteroatoms. The van der Waals surface area contributed by atoms with Crippen molar-refractivity contribution in [3.63, 3.8) is 0 Å². The number of hydrogen-bond donors (Lipinski definition) is 2. The number of carbonyl (C=O) groups is 1. The van der Waals surface area contributed by atoms with E-state index in [4.69, 9.17) is 4.52 Å². The third-order valence-corrected chi connectivity index (χ3v) is 2.29. The molecule has 1 amide bonds. The molecule has 2 aromatic heterocycles. The van der Waals surface area contributed by atoms with Crippen LogP contribution in [0.3, 0.4) is 0 Å². The van der Waals surface area contributed by atoms with E-state index >= 15 is 0 Å². The van der Waals surface area contributed by atoms with Crippen molar-refractivity contribution in [3.8, 4) is 0 Å². The monoisotopic (exact) mass is 261 g/mol. The molecule has 0 unspecified atom stereocenters. The average molecular weight is 261 g/mol. The van der Waals surface area contributed by atoms with Gasteiger partial charge in [-0.15, -0.1) is 10.2 Å². The highest BCUT2D eigenvalue weighted by molar-refractivity contribution is 5.89. The molecular weight excluding hydrogens is 246 g/mol. The number of nitrogens with one attached hydrogen (secondary N) is 2. The Bertz CT molecular complexity index is 550. The SMILES string of the molecule is CCCC(=O)Nc1ccc(Nc2cc(C)on2)nn1. The Hall–Kier alpha value is -2.44. The second-order valence-electron chi connectivity index (χ2n) is 4.05. The van der Waals surface area contributed by atoms with Crippen molar-refractivity contribution in [2.75, 3.05) is 10.6 Å². The molecule has 0 fully saturated rings. The summed E-state index contributed by atoms with van der Waals surface area (Å²) in [5.41, 5.74) is 0. The summed E-state index contributed by atoms with van der Waals surface area (Å²) in [4.78, 5) is 11.4. The molecule has 0 aromatic carbocycles. The van der Waals surface area contributed by atoms with Crippen LogP contribution in [-0.4, -0.2) is 21.3 Å². The molecule has 0 radical (unpaired) electrons. The maximum atomic E-state index is 11.4. The minimum Gasteiger partial charge on any atom is -0.360 e. The summed E-state index contributed by atoms with van der Waals surface area (Å²) in [6, 6.07) is 5.13. The van der Waals surface area contributed by atoms with Gasteiger partial charge in [-0.3, -0.25) is 4.79 Å². The molecule has 0 aliphatic heterocycles. The maximum Gasteiger partial charge on any atom is 0.225 e. The number of anilines is 3. The van der Waals surface area contributed by atoms with E-state index in [0.717, 1.165) is 6.42 Å². The van der Waals surface area contributed by atoms with Crippen LogP contribution >= 0.6 is 0 Å². The Balaban J connectivity index is 1.96. The minimum atomic E-state index is -0.0652. The maximum absolute atomic E-state index is 11.4. The van der Waals surface area contributed by atoms with E-state index in [1.165, 1.54) is 0 Å². The van der Waals surface area contributed by atoms with E-state index in [0.29, 0.717) is 29.6 Å². The normalized spacial score (nSPS) is 10.2. The van der Waals surface area contributed by atoms with Gasteiger partial charge in [0.25, 0.3) is 0 Å². The van der Waals surface area contributed by atoms with Crippen LogP contribution in [0.25, 0.3) is 0 Å². The molecule has 19 heavy (non-hydrogen) atoms. The quantitative estimate of drug-likeness (QED) is 0.857. The molecule has 0 bridgehead atoms. The van der Waals surface area contributed by atoms with Gasteiger partial charge in [0.15, 0.2) is 17.5 Å². The lowest BCUT2D eigenvalue weighted by atomic mass is 10.3. The first kappa shape index (κ1) is 13.0. The van der Waals surface area contributed by atoms with Crippen LogP contribution in [0.15, 0.2) is 22.7 Å². The molecular formula is C12H15N5O2. The molecule has 0 saturated heterocycles. The molecule has 0 atom stereocenters. The van der Waals surface area contributed by atoms with Gasteiger partial charge < -0.3 is 15.2 Å². The molecule has 0 aliphatic rings. The van der Waals surface area contributed by atoms with Crippen LogP contribution < -0.4 is 10.6 Å². The van der Waals surface area contributed by atoms with Crippen molar-refractivity contribution >= 4 is 23.4 Å². The van der Waals surface area contributed by atoms with E-state index in [9.17, 15) is 4.79 Å². The molecule has 100 valence electrons. The van der Waals surface area contributed by atoms with E-state index in [-0.39, 0.29) is 5.91 Å². The van der Waals surface area contributed by atoms with Crippen LogP contribution in [0.5, 0.6) is 0 Å². The molecule has 2 rings (SSSR count). The van der Waals surface area contributed by atoms with E-state index in [2.05, 4.69) is 26.0 Å². The van der Waals surface area contributed by atoms with Crippen molar-refractivity contribution < 1.29 is 9.32 Å². The second kappa shape index (κ2) is 5.94. The fourth-order valence-corrected chi connectivity index (χ4v) is 1.45. The molecule has 7 nitrogen and oxygen atoms in total. The van der Waals surface area contributed by atoms with Gasteiger partial charge in [-0.05, 0) is 25.5 Å². The van der Waals surface area contributed by atoms with Gasteiger partial charge in [0, 0.05) is 12.5 Å². The fraction of sp³-hybridized carbons (Fsp3) is 0.333. The highest BCUT2D eigenvalue weighted by atomic mass is 16.5. The predicted molar refractivity (Wildman–Crippen MR) is 70.1 cm³/mol. The molecule has 0 saturated carbocycles. The number of nitrogens with zero attached hydrogens (tertiary/aromatic N) is 3. The zero-order chi connectivity index (χ0) is 13.7. The number of aryl methyl sites for hydroxylation is 1. The number of hydrogen-bond acceptors (Lipinski definition) is 6. The van der Waals surface area contributed by atoms with E-state index < -0.39 is 0 Å². The second-order valence-corrected chi connectivity index (χ2v) is 4.05. The fourth-order valence-electron chi connectivity index (χ4n) is 1.45. The van der Waals surface area contributed by atoms with Crippen molar-refractivity contribution in [2.45, 2.75) is 26.7 Å². The molecule has 0 spiro atoms. The third-order valence-electron chi connectivity index (χ3n) is 2.29. The topological polar surface area (TPSA) is 92.9 Å². The van der Waals surface area contributed by atoms with Gasteiger partial charge in [-0.2, -0.15) is 0 Å². The van der Waals surface area contributed by atoms with Gasteiger partial charge in [-0.1, -0.05) is 12.1 Å². The highest BCUT2D eigenvalue weighted by Gasteiger charge is 2.04. The van der Waals surface area contributed by atoms with Crippen LogP contribution in [0, 0.1) is 6.92 Å². The van der Waals surface area contributed by atoms with E-state index in [1.54, 1.807) is 25.1 Å². The summed E-state index contributed by atoms with van der Waals surface area (Å²) in [6.45, 7) is 3.74. The lowest BCUT2D eigenvalue weighted by Gasteiger charge is -2.04. The summed E-state index contributed by atoms with van der Waals surface area (Å²) in [5, 5.41) is 17.2. The standard InChI is InChI=1S/C12H15N5O2/c1-3-4-12(18)14-10-6-5-9(15-16-10)13-11-7-8(2)19-17-11/h5-7H,3-4H2,1-2H3,(H,13,15,17)(H,14,16,18). The highest BCUT2D eigenvalue weighted by Crippen LogP contribution is 2.14. The first-order chi connectivity index (χ1) is 9.17. The van der Waals surface area contributed by atoms with Gasteiger partial charge in [0.2, 0.25) is 5.91 Å². The van der Waals surface area contributed by atoms with E-state index in [1.807, 2.05) is 6.92 Å². The Morgan fingerprint density at radius 3 is 2.58 bits per heavy atom. The predicted octanol–water partition coefficient (Wildman–Crippen LogP) is 2.26. The van der Waals surface area contributed by atoms with Crippen LogP contribution in [0.2, 0.25) is 0 Å². The Morgan fingerprint density at radius 2 is 2.00 bits per heavy atom. The summed E-state index contributed by atoms with van der Waals surface area (Å²) in [5.74, 6) is 2.17. The van der Waals surface area contributed by atoms with Crippen LogP contribution in [-0.2, 0) is 4.79 Å². The third kappa shape index (κ3) is 3.77. The summed E-state index contributed by atoms with van der Waals surface area (Å²) in [6.07, 6.45) is 1.27. The Kier molecular flexibility index (Phi) is 4.07. The first-order valence-corrected chi connectivity index (χ1v) is 6.01. The van der Waals surface area contributed by atoms with Crippen molar-refractivity contribution in [1.29, 1.82) is 0 Å². The summed E-state index contributed by atoms with van der Waals surface area (Å²) in [7, 11) is 0.